The highest BCUT2D eigenvalue weighted by Gasteiger charge is 2.26. The van der Waals surface area contributed by atoms with Crippen molar-refractivity contribution >= 4 is 40.5 Å². The molecule has 0 fully saturated rings. The van der Waals surface area contributed by atoms with Gasteiger partial charge in [0.05, 0.1) is 12.5 Å². The number of carbonyl (C=O) groups excluding carboxylic acids is 3. The first-order valence-corrected chi connectivity index (χ1v) is 11.1. The molecule has 2 aromatic heterocycles. The average Bonchev–Trinajstić information content (AvgIpc) is 3.09. The van der Waals surface area contributed by atoms with Crippen molar-refractivity contribution in [1.29, 1.82) is 0 Å². The predicted molar refractivity (Wildman–Crippen MR) is 120 cm³/mol. The van der Waals surface area contributed by atoms with Crippen LogP contribution in [-0.2, 0) is 38.5 Å². The summed E-state index contributed by atoms with van der Waals surface area (Å²) in [6, 6.07) is 9.80. The van der Waals surface area contributed by atoms with Crippen LogP contribution in [0.25, 0.3) is 11.0 Å². The van der Waals surface area contributed by atoms with Crippen molar-refractivity contribution < 1.29 is 23.9 Å². The molecule has 0 spiro atoms. The quantitative estimate of drug-likeness (QED) is 0.212. The number of ether oxygens (including phenoxy) is 2. The second-order valence-electron chi connectivity index (χ2n) is 6.89. The molecule has 9 nitrogen and oxygen atoms in total. The number of rotatable bonds is 10. The van der Waals surface area contributed by atoms with E-state index in [-0.39, 0.29) is 18.9 Å². The van der Waals surface area contributed by atoms with Crippen LogP contribution in [0.15, 0.2) is 35.5 Å². The maximum absolute atomic E-state index is 12.3. The average molecular weight is 457 g/mol. The monoisotopic (exact) mass is 456 g/mol. The van der Waals surface area contributed by atoms with Crippen LogP contribution in [0.2, 0.25) is 0 Å². The number of ketones is 1. The zero-order valence-corrected chi connectivity index (χ0v) is 18.9. The van der Waals surface area contributed by atoms with Gasteiger partial charge >= 0.3 is 5.97 Å². The predicted octanol–water partition coefficient (Wildman–Crippen LogP) is 1.91. The molecule has 3 aromatic rings. The summed E-state index contributed by atoms with van der Waals surface area (Å²) >= 11 is 1.32. The number of benzene rings is 1. The summed E-state index contributed by atoms with van der Waals surface area (Å²) in [5, 5.41) is 0.925. The van der Waals surface area contributed by atoms with Crippen molar-refractivity contribution in [2.45, 2.75) is 31.5 Å². The number of esters is 1. The number of hydrogen-bond acceptors (Lipinski definition) is 8. The Balaban J connectivity index is 2.27. The van der Waals surface area contributed by atoms with Gasteiger partial charge in [-0.2, -0.15) is 4.98 Å². The maximum Gasteiger partial charge on any atom is 0.343 e. The lowest BCUT2D eigenvalue weighted by Gasteiger charge is -2.11. The fourth-order valence-corrected chi connectivity index (χ4v) is 3.82. The molecule has 2 heterocycles. The van der Waals surface area contributed by atoms with E-state index >= 15 is 0 Å². The number of hydrogen-bond donors (Lipinski definition) is 1. The molecular weight excluding hydrogens is 432 g/mol. The maximum atomic E-state index is 12.3. The molecule has 0 aliphatic carbocycles. The van der Waals surface area contributed by atoms with E-state index in [0.29, 0.717) is 34.7 Å². The van der Waals surface area contributed by atoms with E-state index in [1.54, 1.807) is 0 Å². The van der Waals surface area contributed by atoms with E-state index in [1.165, 1.54) is 18.9 Å². The molecule has 0 saturated carbocycles. The van der Waals surface area contributed by atoms with Crippen LogP contribution in [0.1, 0.15) is 23.7 Å². The first kappa shape index (κ1) is 23.3. The molecule has 0 aliphatic rings. The second-order valence-corrected chi connectivity index (χ2v) is 7.67. The van der Waals surface area contributed by atoms with Gasteiger partial charge in [0.2, 0.25) is 11.7 Å². The van der Waals surface area contributed by atoms with Crippen molar-refractivity contribution in [3.8, 4) is 5.88 Å². The minimum Gasteiger partial charge on any atom is -0.466 e. The van der Waals surface area contributed by atoms with Crippen molar-refractivity contribution in [3.63, 3.8) is 0 Å². The third kappa shape index (κ3) is 4.91. The number of carbonyl (C=O) groups is 3. The molecule has 3 rings (SSSR count). The van der Waals surface area contributed by atoms with Gasteiger partial charge in [0, 0.05) is 18.7 Å². The molecule has 0 saturated heterocycles. The summed E-state index contributed by atoms with van der Waals surface area (Å²) in [7, 11) is 1.26. The van der Waals surface area contributed by atoms with Gasteiger partial charge in [0.15, 0.2) is 11.8 Å². The Morgan fingerprint density at radius 1 is 1.16 bits per heavy atom. The topological polar surface area (TPSA) is 126 Å². The molecule has 1 amide bonds. The van der Waals surface area contributed by atoms with Gasteiger partial charge in [-0.1, -0.05) is 49.0 Å². The lowest BCUT2D eigenvalue weighted by Crippen LogP contribution is -2.25. The summed E-state index contributed by atoms with van der Waals surface area (Å²) in [5.41, 5.74) is 8.19. The van der Waals surface area contributed by atoms with Crippen LogP contribution in [0.3, 0.4) is 0 Å². The minimum absolute atomic E-state index is 0.151. The fraction of sp³-hybridized carbons (Fsp3) is 0.318. The Hall–Kier alpha value is -3.40. The smallest absolute Gasteiger partial charge is 0.343 e. The highest BCUT2D eigenvalue weighted by atomic mass is 32.2. The molecule has 32 heavy (non-hydrogen) atoms. The van der Waals surface area contributed by atoms with E-state index < -0.39 is 17.7 Å². The van der Waals surface area contributed by atoms with Crippen molar-refractivity contribution in [2.24, 2.45) is 5.73 Å². The molecule has 1 aromatic carbocycles. The second kappa shape index (κ2) is 10.3. The van der Waals surface area contributed by atoms with Crippen molar-refractivity contribution in [3.05, 3.63) is 47.2 Å². The lowest BCUT2D eigenvalue weighted by atomic mass is 10.0. The minimum atomic E-state index is -1.02. The van der Waals surface area contributed by atoms with Gasteiger partial charge in [0.25, 0.3) is 5.91 Å². The molecule has 0 bridgehead atoms. The molecule has 0 radical (unpaired) electrons. The summed E-state index contributed by atoms with van der Waals surface area (Å²) in [4.78, 5) is 44.6. The normalized spacial score (nSPS) is 10.8. The zero-order chi connectivity index (χ0) is 23.3. The number of primary amides is 1. The standard InChI is InChI=1S/C22H24N4O5S/c1-4-15-14(10-16(27)19(23)29)18-20(26(15)11-13-8-6-5-7-9-13)24-22(32-3)25-21(18)31-12-17(28)30-2/h5-9H,4,10-12H2,1-3H3,(H2,23,29). The Morgan fingerprint density at radius 2 is 1.88 bits per heavy atom. The Kier molecular flexibility index (Phi) is 7.47. The third-order valence-corrected chi connectivity index (χ3v) is 5.48. The number of amides is 1. The fourth-order valence-electron chi connectivity index (χ4n) is 3.46. The van der Waals surface area contributed by atoms with E-state index in [1.807, 2.05) is 48.1 Å². The number of Topliss-reactive ketones (excluding diaryl/α,β-unsaturated/α-hetero) is 1. The highest BCUT2D eigenvalue weighted by molar-refractivity contribution is 7.98. The largest absolute Gasteiger partial charge is 0.466 e. The summed E-state index contributed by atoms with van der Waals surface area (Å²) in [6.07, 6.45) is 2.18. The Bertz CT molecular complexity index is 1160. The highest BCUT2D eigenvalue weighted by Crippen LogP contribution is 2.34. The molecular formula is C22H24N4O5S. The van der Waals surface area contributed by atoms with E-state index in [4.69, 9.17) is 10.5 Å². The van der Waals surface area contributed by atoms with Crippen molar-refractivity contribution in [2.75, 3.05) is 20.0 Å². The summed E-state index contributed by atoms with van der Waals surface area (Å²) < 4.78 is 12.3. The van der Waals surface area contributed by atoms with E-state index in [2.05, 4.69) is 14.7 Å². The molecule has 2 N–H and O–H groups in total. The Morgan fingerprint density at radius 3 is 2.47 bits per heavy atom. The van der Waals surface area contributed by atoms with Crippen LogP contribution in [0.4, 0.5) is 0 Å². The van der Waals surface area contributed by atoms with Crippen LogP contribution >= 0.6 is 11.8 Å². The van der Waals surface area contributed by atoms with Gasteiger partial charge in [-0.25, -0.2) is 9.78 Å². The SMILES string of the molecule is CCc1c(CC(=O)C(N)=O)c2c(OCC(=O)OC)nc(SC)nc2n1Cc1ccccc1. The third-order valence-electron chi connectivity index (χ3n) is 4.94. The zero-order valence-electron chi connectivity index (χ0n) is 18.1. The molecule has 0 aliphatic heterocycles. The van der Waals surface area contributed by atoms with Gasteiger partial charge in [-0.3, -0.25) is 9.59 Å². The number of nitrogens with zero attached hydrogens (tertiary/aromatic N) is 3. The van der Waals surface area contributed by atoms with Gasteiger partial charge in [-0.15, -0.1) is 0 Å². The first-order valence-electron chi connectivity index (χ1n) is 9.91. The number of thioether (sulfide) groups is 1. The molecule has 0 atom stereocenters. The van der Waals surface area contributed by atoms with Gasteiger partial charge in [-0.05, 0) is 23.8 Å². The number of nitrogens with two attached hydrogens (primary N) is 1. The van der Waals surface area contributed by atoms with Crippen LogP contribution in [-0.4, -0.2) is 52.2 Å². The number of fused-ring (bicyclic) bond motifs is 1. The molecule has 168 valence electrons. The molecule has 0 unspecified atom stereocenters. The van der Waals surface area contributed by atoms with Gasteiger partial charge < -0.3 is 19.8 Å². The number of aromatic nitrogens is 3. The van der Waals surface area contributed by atoms with Gasteiger partial charge in [0.1, 0.15) is 5.65 Å². The summed E-state index contributed by atoms with van der Waals surface area (Å²) in [6.45, 7) is 2.09. The first-order chi connectivity index (χ1) is 15.4. The van der Waals surface area contributed by atoms with Crippen LogP contribution in [0.5, 0.6) is 5.88 Å². The van der Waals surface area contributed by atoms with E-state index in [0.717, 1.165) is 11.3 Å². The van der Waals surface area contributed by atoms with Crippen LogP contribution < -0.4 is 10.5 Å². The lowest BCUT2D eigenvalue weighted by molar-refractivity contribution is -0.143. The molecule has 10 heteroatoms. The summed E-state index contributed by atoms with van der Waals surface area (Å²) in [5.74, 6) is -2.17. The number of methoxy groups -OCH3 is 1. The van der Waals surface area contributed by atoms with Crippen molar-refractivity contribution in [1.82, 2.24) is 14.5 Å². The van der Waals surface area contributed by atoms with Crippen LogP contribution in [0, 0.1) is 0 Å². The Labute approximate surface area is 189 Å². The van der Waals surface area contributed by atoms with E-state index in [9.17, 15) is 14.4 Å².